The van der Waals surface area contributed by atoms with E-state index in [1.165, 1.54) is 5.56 Å². The SMILES string of the molecule is Cc1cc2c(cc1N)ncn2-c1ccnc(N[C@@H](C)c2ccccc2)n1. The van der Waals surface area contributed by atoms with Crippen molar-refractivity contribution in [3.05, 3.63) is 72.2 Å². The smallest absolute Gasteiger partial charge is 0.225 e. The lowest BCUT2D eigenvalue weighted by Crippen LogP contribution is -2.10. The van der Waals surface area contributed by atoms with Gasteiger partial charge in [-0.05, 0) is 43.2 Å². The molecule has 0 fully saturated rings. The average molecular weight is 344 g/mol. The van der Waals surface area contributed by atoms with E-state index in [0.29, 0.717) is 5.95 Å². The number of aromatic nitrogens is 4. The molecule has 4 aromatic rings. The van der Waals surface area contributed by atoms with Gasteiger partial charge >= 0.3 is 0 Å². The zero-order chi connectivity index (χ0) is 18.1. The summed E-state index contributed by atoms with van der Waals surface area (Å²) in [5, 5.41) is 3.35. The fraction of sp³-hybridized carbons (Fsp3) is 0.150. The second kappa shape index (κ2) is 6.48. The maximum Gasteiger partial charge on any atom is 0.225 e. The molecule has 2 aromatic heterocycles. The third-order valence-electron chi connectivity index (χ3n) is 4.47. The molecule has 6 nitrogen and oxygen atoms in total. The van der Waals surface area contributed by atoms with Crippen LogP contribution in [0.4, 0.5) is 11.6 Å². The highest BCUT2D eigenvalue weighted by Crippen LogP contribution is 2.23. The number of rotatable bonds is 4. The quantitative estimate of drug-likeness (QED) is 0.549. The molecule has 0 amide bonds. The van der Waals surface area contributed by atoms with Gasteiger partial charge in [0, 0.05) is 11.9 Å². The highest BCUT2D eigenvalue weighted by Gasteiger charge is 2.11. The Balaban J connectivity index is 1.67. The predicted octanol–water partition coefficient (Wildman–Crippen LogP) is 3.88. The lowest BCUT2D eigenvalue weighted by atomic mass is 10.1. The van der Waals surface area contributed by atoms with Gasteiger partial charge in [0.05, 0.1) is 17.1 Å². The summed E-state index contributed by atoms with van der Waals surface area (Å²) in [7, 11) is 0. The number of nitrogens with one attached hydrogen (secondary N) is 1. The van der Waals surface area contributed by atoms with Crippen LogP contribution in [0.1, 0.15) is 24.1 Å². The van der Waals surface area contributed by atoms with Gasteiger partial charge in [0.25, 0.3) is 0 Å². The van der Waals surface area contributed by atoms with Crippen LogP contribution in [0.5, 0.6) is 0 Å². The third kappa shape index (κ3) is 2.97. The van der Waals surface area contributed by atoms with Gasteiger partial charge in [-0.1, -0.05) is 30.3 Å². The third-order valence-corrected chi connectivity index (χ3v) is 4.47. The van der Waals surface area contributed by atoms with Gasteiger partial charge in [-0.25, -0.2) is 9.97 Å². The molecular weight excluding hydrogens is 324 g/mol. The van der Waals surface area contributed by atoms with E-state index in [1.54, 1.807) is 12.5 Å². The van der Waals surface area contributed by atoms with Crippen molar-refractivity contribution in [2.75, 3.05) is 11.1 Å². The first-order chi connectivity index (χ1) is 12.6. The molecule has 0 spiro atoms. The van der Waals surface area contributed by atoms with Crippen LogP contribution in [-0.2, 0) is 0 Å². The van der Waals surface area contributed by atoms with Crippen molar-refractivity contribution in [2.24, 2.45) is 0 Å². The number of fused-ring (bicyclic) bond motifs is 1. The number of anilines is 2. The molecule has 0 unspecified atom stereocenters. The van der Waals surface area contributed by atoms with E-state index in [9.17, 15) is 0 Å². The number of hydrogen-bond acceptors (Lipinski definition) is 5. The van der Waals surface area contributed by atoms with Crippen LogP contribution in [0.25, 0.3) is 16.9 Å². The van der Waals surface area contributed by atoms with E-state index >= 15 is 0 Å². The summed E-state index contributed by atoms with van der Waals surface area (Å²) in [4.78, 5) is 13.4. The summed E-state index contributed by atoms with van der Waals surface area (Å²) >= 11 is 0. The van der Waals surface area contributed by atoms with E-state index in [1.807, 2.05) is 47.9 Å². The van der Waals surface area contributed by atoms with Crippen molar-refractivity contribution >= 4 is 22.7 Å². The molecule has 1 atom stereocenters. The molecule has 130 valence electrons. The first kappa shape index (κ1) is 16.1. The van der Waals surface area contributed by atoms with Crippen LogP contribution in [0.3, 0.4) is 0 Å². The summed E-state index contributed by atoms with van der Waals surface area (Å²) < 4.78 is 1.95. The molecular formula is C20H20N6. The number of nitrogens with two attached hydrogens (primary N) is 1. The fourth-order valence-corrected chi connectivity index (χ4v) is 2.93. The predicted molar refractivity (Wildman–Crippen MR) is 104 cm³/mol. The largest absolute Gasteiger partial charge is 0.398 e. The van der Waals surface area contributed by atoms with E-state index in [-0.39, 0.29) is 6.04 Å². The van der Waals surface area contributed by atoms with Crippen LogP contribution in [-0.4, -0.2) is 19.5 Å². The van der Waals surface area contributed by atoms with Crippen molar-refractivity contribution in [3.63, 3.8) is 0 Å². The standard InChI is InChI=1S/C20H20N6/c1-13-10-18-17(11-16(13)21)23-12-26(18)19-8-9-22-20(25-19)24-14(2)15-6-4-3-5-7-15/h3-12,14H,21H2,1-2H3,(H,22,24,25)/t14-/m0/s1. The average Bonchev–Trinajstić information content (AvgIpc) is 3.05. The number of hydrogen-bond donors (Lipinski definition) is 2. The molecule has 4 rings (SSSR count). The monoisotopic (exact) mass is 344 g/mol. The first-order valence-electron chi connectivity index (χ1n) is 8.50. The zero-order valence-electron chi connectivity index (χ0n) is 14.7. The van der Waals surface area contributed by atoms with Crippen LogP contribution >= 0.6 is 0 Å². The summed E-state index contributed by atoms with van der Waals surface area (Å²) in [6, 6.07) is 16.1. The Labute approximate surface area is 151 Å². The molecule has 26 heavy (non-hydrogen) atoms. The topological polar surface area (TPSA) is 81.6 Å². The summed E-state index contributed by atoms with van der Waals surface area (Å²) in [5.41, 5.74) is 10.7. The van der Waals surface area contributed by atoms with E-state index in [2.05, 4.69) is 39.3 Å². The molecule has 3 N–H and O–H groups in total. The van der Waals surface area contributed by atoms with Crippen molar-refractivity contribution in [2.45, 2.75) is 19.9 Å². The number of nitrogen functional groups attached to an aromatic ring is 1. The molecule has 0 aliphatic carbocycles. The van der Waals surface area contributed by atoms with Gasteiger partial charge in [0.1, 0.15) is 12.1 Å². The first-order valence-corrected chi connectivity index (χ1v) is 8.50. The Morgan fingerprint density at radius 3 is 2.69 bits per heavy atom. The highest BCUT2D eigenvalue weighted by atomic mass is 15.2. The van der Waals surface area contributed by atoms with Gasteiger partial charge in [-0.2, -0.15) is 4.98 Å². The minimum Gasteiger partial charge on any atom is -0.398 e. The van der Waals surface area contributed by atoms with Gasteiger partial charge in [-0.3, -0.25) is 4.57 Å². The van der Waals surface area contributed by atoms with Crippen molar-refractivity contribution in [3.8, 4) is 5.82 Å². The number of aryl methyl sites for hydroxylation is 1. The van der Waals surface area contributed by atoms with E-state index < -0.39 is 0 Å². The molecule has 0 aliphatic rings. The Bertz CT molecular complexity index is 1050. The molecule has 0 aliphatic heterocycles. The molecule has 0 saturated carbocycles. The minimum atomic E-state index is 0.105. The molecule has 2 heterocycles. The molecule has 0 saturated heterocycles. The van der Waals surface area contributed by atoms with E-state index in [4.69, 9.17) is 5.73 Å². The van der Waals surface area contributed by atoms with Crippen molar-refractivity contribution in [1.82, 2.24) is 19.5 Å². The maximum atomic E-state index is 5.98. The van der Waals surface area contributed by atoms with Crippen LogP contribution in [0.15, 0.2) is 61.1 Å². The van der Waals surface area contributed by atoms with Gasteiger partial charge in [0.2, 0.25) is 5.95 Å². The number of nitrogens with zero attached hydrogens (tertiary/aromatic N) is 4. The Hall–Kier alpha value is -3.41. The number of imidazole rings is 1. The minimum absolute atomic E-state index is 0.105. The normalized spacial score (nSPS) is 12.2. The van der Waals surface area contributed by atoms with Gasteiger partial charge in [0.15, 0.2) is 0 Å². The Kier molecular flexibility index (Phi) is 4.01. The zero-order valence-corrected chi connectivity index (χ0v) is 14.7. The summed E-state index contributed by atoms with van der Waals surface area (Å²) in [6.07, 6.45) is 3.51. The lowest BCUT2D eigenvalue weighted by Gasteiger charge is -2.14. The Morgan fingerprint density at radius 1 is 1.08 bits per heavy atom. The van der Waals surface area contributed by atoms with Gasteiger partial charge < -0.3 is 11.1 Å². The second-order valence-electron chi connectivity index (χ2n) is 6.33. The summed E-state index contributed by atoms with van der Waals surface area (Å²) in [5.74, 6) is 1.34. The fourth-order valence-electron chi connectivity index (χ4n) is 2.93. The second-order valence-corrected chi connectivity index (χ2v) is 6.33. The maximum absolute atomic E-state index is 5.98. The van der Waals surface area contributed by atoms with Crippen LogP contribution in [0, 0.1) is 6.92 Å². The van der Waals surface area contributed by atoms with Crippen LogP contribution in [0.2, 0.25) is 0 Å². The highest BCUT2D eigenvalue weighted by molar-refractivity contribution is 5.82. The Morgan fingerprint density at radius 2 is 1.88 bits per heavy atom. The van der Waals surface area contributed by atoms with Crippen molar-refractivity contribution < 1.29 is 0 Å². The molecule has 2 aromatic carbocycles. The number of benzene rings is 2. The van der Waals surface area contributed by atoms with Gasteiger partial charge in [-0.15, -0.1) is 0 Å². The summed E-state index contributed by atoms with van der Waals surface area (Å²) in [6.45, 7) is 4.07. The molecule has 0 radical (unpaired) electrons. The van der Waals surface area contributed by atoms with Crippen molar-refractivity contribution in [1.29, 1.82) is 0 Å². The molecule has 0 bridgehead atoms. The van der Waals surface area contributed by atoms with Crippen LogP contribution < -0.4 is 11.1 Å². The van der Waals surface area contributed by atoms with E-state index in [0.717, 1.165) is 28.1 Å². The lowest BCUT2D eigenvalue weighted by molar-refractivity contribution is 0.854. The molecule has 6 heteroatoms.